The van der Waals surface area contributed by atoms with E-state index in [1.807, 2.05) is 67.1 Å². The fourth-order valence-corrected chi connectivity index (χ4v) is 2.95. The molecule has 0 saturated heterocycles. The first-order valence-corrected chi connectivity index (χ1v) is 9.81. The number of rotatable bonds is 9. The molecule has 31 heavy (non-hydrogen) atoms. The number of anilines is 1. The van der Waals surface area contributed by atoms with Gasteiger partial charge in [0.2, 0.25) is 5.91 Å². The highest BCUT2D eigenvalue weighted by molar-refractivity contribution is 5.94. The maximum Gasteiger partial charge on any atom is 0.241 e. The van der Waals surface area contributed by atoms with Gasteiger partial charge >= 0.3 is 0 Å². The van der Waals surface area contributed by atoms with Crippen molar-refractivity contribution in [1.82, 2.24) is 9.55 Å². The molecule has 0 spiro atoms. The lowest BCUT2D eigenvalue weighted by Gasteiger charge is -2.13. The zero-order valence-corrected chi connectivity index (χ0v) is 19.4. The number of amides is 1. The maximum atomic E-state index is 12.5. The summed E-state index contributed by atoms with van der Waals surface area (Å²) in [5.41, 5.74) is 9.82. The number of hydrogen-bond donors (Lipinski definition) is 2. The average molecular weight is 465 g/mol. The Morgan fingerprint density at radius 3 is 2.52 bits per heavy atom. The van der Waals surface area contributed by atoms with Crippen molar-refractivity contribution in [2.24, 2.45) is 5.73 Å². The highest BCUT2D eigenvalue weighted by atomic mass is 35.5. The van der Waals surface area contributed by atoms with Gasteiger partial charge in [-0.2, -0.15) is 0 Å². The Hall–Kier alpha value is -2.38. The van der Waals surface area contributed by atoms with Crippen LogP contribution >= 0.6 is 24.8 Å². The van der Waals surface area contributed by atoms with Crippen molar-refractivity contribution in [3.05, 3.63) is 83.9 Å². The standard InChI is InChI=1S/C23H28N4O2.2ClH/c1-17(2)29-15-19-9-6-10-20(11-19)26-23(28)22(24)12-21-14-27(16-25-21)13-18-7-4-3-5-8-18;;/h3-11,14,16-17,22H,12-13,15,24H2,1-2H3,(H,26,28);2*1H/t22-;;/m0../s1. The summed E-state index contributed by atoms with van der Waals surface area (Å²) in [6.45, 7) is 5.23. The molecular weight excluding hydrogens is 435 g/mol. The number of aromatic nitrogens is 2. The van der Waals surface area contributed by atoms with E-state index in [-0.39, 0.29) is 36.8 Å². The monoisotopic (exact) mass is 464 g/mol. The van der Waals surface area contributed by atoms with Crippen molar-refractivity contribution < 1.29 is 9.53 Å². The number of carbonyl (C=O) groups is 1. The molecule has 0 saturated carbocycles. The Kier molecular flexibility index (Phi) is 11.3. The number of carbonyl (C=O) groups excluding carboxylic acids is 1. The van der Waals surface area contributed by atoms with Gasteiger partial charge < -0.3 is 20.4 Å². The molecule has 3 rings (SSSR count). The molecule has 6 nitrogen and oxygen atoms in total. The number of halogens is 2. The summed E-state index contributed by atoms with van der Waals surface area (Å²) >= 11 is 0. The molecule has 3 aromatic rings. The Balaban J connectivity index is 0.00000240. The van der Waals surface area contributed by atoms with Crippen molar-refractivity contribution in [3.8, 4) is 0 Å². The van der Waals surface area contributed by atoms with Crippen LogP contribution in [0, 0.1) is 0 Å². The number of benzene rings is 2. The molecule has 0 radical (unpaired) electrons. The van der Waals surface area contributed by atoms with Gasteiger partial charge in [-0.1, -0.05) is 42.5 Å². The molecule has 0 bridgehead atoms. The second kappa shape index (κ2) is 13.1. The van der Waals surface area contributed by atoms with Gasteiger partial charge in [-0.3, -0.25) is 4.79 Å². The van der Waals surface area contributed by atoms with Crippen LogP contribution in [0.4, 0.5) is 5.69 Å². The van der Waals surface area contributed by atoms with Crippen molar-refractivity contribution in [3.63, 3.8) is 0 Å². The predicted molar refractivity (Wildman–Crippen MR) is 129 cm³/mol. The summed E-state index contributed by atoms with van der Waals surface area (Å²) in [4.78, 5) is 16.9. The third-order valence-corrected chi connectivity index (χ3v) is 4.44. The van der Waals surface area contributed by atoms with E-state index in [0.29, 0.717) is 18.7 Å². The van der Waals surface area contributed by atoms with Crippen LogP contribution in [0.3, 0.4) is 0 Å². The maximum absolute atomic E-state index is 12.5. The highest BCUT2D eigenvalue weighted by Gasteiger charge is 2.16. The van der Waals surface area contributed by atoms with Gasteiger partial charge in [0.15, 0.2) is 0 Å². The molecule has 3 N–H and O–H groups in total. The van der Waals surface area contributed by atoms with E-state index in [9.17, 15) is 4.79 Å². The normalized spacial score (nSPS) is 11.4. The Morgan fingerprint density at radius 2 is 1.81 bits per heavy atom. The predicted octanol–water partition coefficient (Wildman–Crippen LogP) is 4.21. The fourth-order valence-electron chi connectivity index (χ4n) is 2.95. The van der Waals surface area contributed by atoms with Gasteiger partial charge in [-0.25, -0.2) is 4.98 Å². The molecule has 0 aliphatic heterocycles. The molecule has 1 amide bonds. The first-order valence-electron chi connectivity index (χ1n) is 9.81. The lowest BCUT2D eigenvalue weighted by molar-refractivity contribution is -0.117. The molecule has 2 aromatic carbocycles. The summed E-state index contributed by atoms with van der Waals surface area (Å²) in [7, 11) is 0. The van der Waals surface area contributed by atoms with Gasteiger partial charge in [0.1, 0.15) is 0 Å². The third-order valence-electron chi connectivity index (χ3n) is 4.44. The zero-order valence-electron chi connectivity index (χ0n) is 17.7. The highest BCUT2D eigenvalue weighted by Crippen LogP contribution is 2.13. The molecule has 0 fully saturated rings. The van der Waals surface area contributed by atoms with Crippen LogP contribution in [0.2, 0.25) is 0 Å². The van der Waals surface area contributed by atoms with Crippen LogP contribution < -0.4 is 11.1 Å². The van der Waals surface area contributed by atoms with Crippen LogP contribution in [0.25, 0.3) is 0 Å². The first kappa shape index (κ1) is 26.7. The summed E-state index contributed by atoms with van der Waals surface area (Å²) in [5.74, 6) is -0.232. The average Bonchev–Trinajstić information content (AvgIpc) is 3.14. The van der Waals surface area contributed by atoms with E-state index in [1.165, 1.54) is 5.56 Å². The molecule has 0 aliphatic carbocycles. The number of nitrogens with zero attached hydrogens (tertiary/aromatic N) is 2. The molecule has 1 heterocycles. The molecule has 8 heteroatoms. The number of hydrogen-bond acceptors (Lipinski definition) is 4. The van der Waals surface area contributed by atoms with Crippen LogP contribution in [0.15, 0.2) is 67.1 Å². The largest absolute Gasteiger partial charge is 0.374 e. The van der Waals surface area contributed by atoms with Crippen LogP contribution in [0.5, 0.6) is 0 Å². The number of nitrogens with one attached hydrogen (secondary N) is 1. The van der Waals surface area contributed by atoms with E-state index < -0.39 is 6.04 Å². The Bertz CT molecular complexity index is 932. The van der Waals surface area contributed by atoms with Crippen molar-refractivity contribution in [2.75, 3.05) is 5.32 Å². The molecule has 168 valence electrons. The Labute approximate surface area is 196 Å². The minimum atomic E-state index is -0.675. The van der Waals surface area contributed by atoms with E-state index in [4.69, 9.17) is 10.5 Å². The number of nitrogens with two attached hydrogens (primary N) is 1. The summed E-state index contributed by atoms with van der Waals surface area (Å²) in [6, 6.07) is 17.1. The van der Waals surface area contributed by atoms with Crippen LogP contribution in [-0.4, -0.2) is 27.6 Å². The van der Waals surface area contributed by atoms with Gasteiger partial charge in [-0.15, -0.1) is 24.8 Å². The fraction of sp³-hybridized carbons (Fsp3) is 0.304. The number of imidazole rings is 1. The van der Waals surface area contributed by atoms with Crippen LogP contribution in [-0.2, 0) is 29.1 Å². The van der Waals surface area contributed by atoms with Gasteiger partial charge in [0.05, 0.1) is 30.8 Å². The second-order valence-corrected chi connectivity index (χ2v) is 7.38. The summed E-state index contributed by atoms with van der Waals surface area (Å²) in [6.07, 6.45) is 4.24. The smallest absolute Gasteiger partial charge is 0.241 e. The van der Waals surface area contributed by atoms with Gasteiger partial charge in [0.25, 0.3) is 0 Å². The number of ether oxygens (including phenoxy) is 1. The van der Waals surface area contributed by atoms with Crippen molar-refractivity contribution in [2.45, 2.75) is 45.6 Å². The van der Waals surface area contributed by atoms with Gasteiger partial charge in [-0.05, 0) is 37.1 Å². The van der Waals surface area contributed by atoms with E-state index in [1.54, 1.807) is 6.33 Å². The molecule has 1 atom stereocenters. The SMILES string of the molecule is CC(C)OCc1cccc(NC(=O)[C@@H](N)Cc2cn(Cc3ccccc3)cn2)c1.Cl.Cl. The van der Waals surface area contributed by atoms with Crippen molar-refractivity contribution in [1.29, 1.82) is 0 Å². The van der Waals surface area contributed by atoms with E-state index in [2.05, 4.69) is 22.4 Å². The summed E-state index contributed by atoms with van der Waals surface area (Å²) in [5, 5.41) is 2.88. The van der Waals surface area contributed by atoms with E-state index in [0.717, 1.165) is 17.8 Å². The van der Waals surface area contributed by atoms with Crippen LogP contribution in [0.1, 0.15) is 30.7 Å². The first-order chi connectivity index (χ1) is 14.0. The molecule has 0 unspecified atom stereocenters. The van der Waals surface area contributed by atoms with E-state index >= 15 is 0 Å². The van der Waals surface area contributed by atoms with Crippen molar-refractivity contribution >= 4 is 36.4 Å². The minimum Gasteiger partial charge on any atom is -0.374 e. The molecule has 1 aromatic heterocycles. The second-order valence-electron chi connectivity index (χ2n) is 7.38. The van der Waals surface area contributed by atoms with Gasteiger partial charge in [0, 0.05) is 24.8 Å². The summed E-state index contributed by atoms with van der Waals surface area (Å²) < 4.78 is 7.60. The topological polar surface area (TPSA) is 82.2 Å². The lowest BCUT2D eigenvalue weighted by atomic mass is 10.1. The third kappa shape index (κ3) is 8.71. The molecular formula is C23H30Cl2N4O2. The lowest BCUT2D eigenvalue weighted by Crippen LogP contribution is -2.37. The minimum absolute atomic E-state index is 0. The molecule has 0 aliphatic rings. The zero-order chi connectivity index (χ0) is 20.6. The Morgan fingerprint density at radius 1 is 1.10 bits per heavy atom. The quantitative estimate of drug-likeness (QED) is 0.496.